The number of nitrogens with two attached hydrogens (primary N) is 1. The van der Waals surface area contributed by atoms with Crippen LogP contribution >= 0.6 is 0 Å². The minimum absolute atomic E-state index is 0.218. The molecule has 20 heavy (non-hydrogen) atoms. The fourth-order valence-electron chi connectivity index (χ4n) is 2.55. The van der Waals surface area contributed by atoms with E-state index in [0.29, 0.717) is 5.92 Å². The maximum absolute atomic E-state index is 5.84. The fraction of sp³-hybridized carbons (Fsp3) is 0.368. The van der Waals surface area contributed by atoms with Crippen LogP contribution in [-0.4, -0.2) is 6.04 Å². The molecule has 0 fully saturated rings. The lowest BCUT2D eigenvalue weighted by molar-refractivity contribution is 0.647. The van der Waals surface area contributed by atoms with Gasteiger partial charge in [-0.15, -0.1) is 0 Å². The van der Waals surface area contributed by atoms with Crippen molar-refractivity contribution in [3.8, 4) is 11.1 Å². The highest BCUT2D eigenvalue weighted by molar-refractivity contribution is 5.64. The van der Waals surface area contributed by atoms with Crippen LogP contribution in [0.3, 0.4) is 0 Å². The third kappa shape index (κ3) is 4.21. The Bertz CT molecular complexity index is 538. The van der Waals surface area contributed by atoms with Crippen LogP contribution in [0.1, 0.15) is 31.9 Å². The Labute approximate surface area is 122 Å². The van der Waals surface area contributed by atoms with E-state index in [1.807, 2.05) is 6.92 Å². The molecular formula is C19H25N. The minimum atomic E-state index is 0.218. The summed E-state index contributed by atoms with van der Waals surface area (Å²) in [7, 11) is 0. The van der Waals surface area contributed by atoms with Crippen LogP contribution in [0.2, 0.25) is 0 Å². The van der Waals surface area contributed by atoms with E-state index in [1.54, 1.807) is 0 Å². The van der Waals surface area contributed by atoms with Crippen molar-refractivity contribution < 1.29 is 0 Å². The molecule has 1 unspecified atom stereocenters. The van der Waals surface area contributed by atoms with Gasteiger partial charge < -0.3 is 5.73 Å². The summed E-state index contributed by atoms with van der Waals surface area (Å²) in [6, 6.07) is 17.9. The summed E-state index contributed by atoms with van der Waals surface area (Å²) >= 11 is 0. The Morgan fingerprint density at radius 3 is 2.10 bits per heavy atom. The van der Waals surface area contributed by atoms with E-state index in [2.05, 4.69) is 62.4 Å². The van der Waals surface area contributed by atoms with Crippen molar-refractivity contribution in [1.82, 2.24) is 0 Å². The van der Waals surface area contributed by atoms with Gasteiger partial charge in [-0.3, -0.25) is 0 Å². The van der Waals surface area contributed by atoms with Gasteiger partial charge in [0.2, 0.25) is 0 Å². The zero-order valence-electron chi connectivity index (χ0n) is 12.8. The molecule has 0 saturated carbocycles. The van der Waals surface area contributed by atoms with E-state index in [-0.39, 0.29) is 6.04 Å². The summed E-state index contributed by atoms with van der Waals surface area (Å²) in [6.07, 6.45) is 2.07. The average molecular weight is 267 g/mol. The second kappa shape index (κ2) is 6.71. The van der Waals surface area contributed by atoms with Crippen LogP contribution in [0.25, 0.3) is 11.1 Å². The van der Waals surface area contributed by atoms with Crippen LogP contribution in [0, 0.1) is 5.92 Å². The highest BCUT2D eigenvalue weighted by Gasteiger charge is 2.03. The van der Waals surface area contributed by atoms with Gasteiger partial charge in [0.05, 0.1) is 0 Å². The lowest BCUT2D eigenvalue weighted by Crippen LogP contribution is -2.17. The molecule has 0 aromatic heterocycles. The fourth-order valence-corrected chi connectivity index (χ4v) is 2.55. The van der Waals surface area contributed by atoms with Gasteiger partial charge in [0, 0.05) is 6.04 Å². The smallest absolute Gasteiger partial charge is 0.00509 e. The van der Waals surface area contributed by atoms with E-state index in [4.69, 9.17) is 5.73 Å². The molecule has 0 aliphatic heterocycles. The van der Waals surface area contributed by atoms with E-state index < -0.39 is 0 Å². The standard InChI is InChI=1S/C19H25N/c1-14(2)11-17-5-4-6-19(13-17)18-9-7-16(8-10-18)12-15(3)20/h4-10,13-15H,11-12,20H2,1-3H3. The number of hydrogen-bond donors (Lipinski definition) is 1. The first-order chi connectivity index (χ1) is 9.54. The SMILES string of the molecule is CC(C)Cc1cccc(-c2ccc(CC(C)N)cc2)c1. The van der Waals surface area contributed by atoms with Crippen LogP contribution in [-0.2, 0) is 12.8 Å². The van der Waals surface area contributed by atoms with Crippen LogP contribution in [0.4, 0.5) is 0 Å². The molecule has 0 saturated heterocycles. The number of hydrogen-bond acceptors (Lipinski definition) is 1. The Morgan fingerprint density at radius 2 is 1.50 bits per heavy atom. The molecule has 106 valence electrons. The molecule has 0 spiro atoms. The zero-order valence-corrected chi connectivity index (χ0v) is 12.8. The topological polar surface area (TPSA) is 26.0 Å². The molecular weight excluding hydrogens is 242 g/mol. The van der Waals surface area contributed by atoms with Crippen molar-refractivity contribution in [2.75, 3.05) is 0 Å². The summed E-state index contributed by atoms with van der Waals surface area (Å²) in [5.74, 6) is 0.693. The molecule has 0 aliphatic rings. The first kappa shape index (κ1) is 14.8. The summed E-state index contributed by atoms with van der Waals surface area (Å²) in [5.41, 5.74) is 11.1. The lowest BCUT2D eigenvalue weighted by Gasteiger charge is -2.09. The van der Waals surface area contributed by atoms with Gasteiger partial charge >= 0.3 is 0 Å². The van der Waals surface area contributed by atoms with Crippen molar-refractivity contribution in [2.24, 2.45) is 11.7 Å². The van der Waals surface area contributed by atoms with Gasteiger partial charge in [-0.2, -0.15) is 0 Å². The minimum Gasteiger partial charge on any atom is -0.328 e. The third-order valence-corrected chi connectivity index (χ3v) is 3.42. The first-order valence-electron chi connectivity index (χ1n) is 7.48. The summed E-state index contributed by atoms with van der Waals surface area (Å²) in [6.45, 7) is 6.56. The molecule has 0 aliphatic carbocycles. The predicted octanol–water partition coefficient (Wildman–Crippen LogP) is 4.44. The Kier molecular flexibility index (Phi) is 4.97. The third-order valence-electron chi connectivity index (χ3n) is 3.42. The average Bonchev–Trinajstić information content (AvgIpc) is 2.38. The Balaban J connectivity index is 2.18. The number of benzene rings is 2. The molecule has 2 aromatic rings. The Hall–Kier alpha value is -1.60. The van der Waals surface area contributed by atoms with Crippen molar-refractivity contribution in [2.45, 2.75) is 39.7 Å². The summed E-state index contributed by atoms with van der Waals surface area (Å²) < 4.78 is 0. The highest BCUT2D eigenvalue weighted by Crippen LogP contribution is 2.22. The molecule has 0 radical (unpaired) electrons. The zero-order chi connectivity index (χ0) is 14.5. The second-order valence-corrected chi connectivity index (χ2v) is 6.18. The summed E-state index contributed by atoms with van der Waals surface area (Å²) in [5, 5.41) is 0. The normalized spacial score (nSPS) is 12.7. The molecule has 2 N–H and O–H groups in total. The number of rotatable bonds is 5. The van der Waals surface area contributed by atoms with Crippen molar-refractivity contribution >= 4 is 0 Å². The maximum atomic E-state index is 5.84. The lowest BCUT2D eigenvalue weighted by atomic mass is 9.97. The van der Waals surface area contributed by atoms with E-state index in [1.165, 1.54) is 22.3 Å². The molecule has 1 heteroatoms. The van der Waals surface area contributed by atoms with Crippen molar-refractivity contribution in [3.63, 3.8) is 0 Å². The monoisotopic (exact) mass is 267 g/mol. The van der Waals surface area contributed by atoms with Gasteiger partial charge in [-0.1, -0.05) is 62.4 Å². The van der Waals surface area contributed by atoms with Gasteiger partial charge in [0.15, 0.2) is 0 Å². The molecule has 2 aromatic carbocycles. The van der Waals surface area contributed by atoms with Gasteiger partial charge in [-0.05, 0) is 47.9 Å². The molecule has 0 amide bonds. The molecule has 2 rings (SSSR count). The summed E-state index contributed by atoms with van der Waals surface area (Å²) in [4.78, 5) is 0. The first-order valence-corrected chi connectivity index (χ1v) is 7.48. The van der Waals surface area contributed by atoms with Crippen molar-refractivity contribution in [3.05, 3.63) is 59.7 Å². The molecule has 1 atom stereocenters. The quantitative estimate of drug-likeness (QED) is 0.851. The van der Waals surface area contributed by atoms with Gasteiger partial charge in [-0.25, -0.2) is 0 Å². The van der Waals surface area contributed by atoms with Gasteiger partial charge in [0.25, 0.3) is 0 Å². The van der Waals surface area contributed by atoms with E-state index in [0.717, 1.165) is 12.8 Å². The highest BCUT2D eigenvalue weighted by atomic mass is 14.6. The van der Waals surface area contributed by atoms with Crippen LogP contribution in [0.15, 0.2) is 48.5 Å². The largest absolute Gasteiger partial charge is 0.328 e. The van der Waals surface area contributed by atoms with E-state index in [9.17, 15) is 0 Å². The maximum Gasteiger partial charge on any atom is 0.00509 e. The predicted molar refractivity (Wildman–Crippen MR) is 87.8 cm³/mol. The molecule has 1 nitrogen and oxygen atoms in total. The second-order valence-electron chi connectivity index (χ2n) is 6.18. The van der Waals surface area contributed by atoms with E-state index >= 15 is 0 Å². The van der Waals surface area contributed by atoms with Crippen LogP contribution in [0.5, 0.6) is 0 Å². The molecule has 0 bridgehead atoms. The van der Waals surface area contributed by atoms with Crippen molar-refractivity contribution in [1.29, 1.82) is 0 Å². The van der Waals surface area contributed by atoms with Gasteiger partial charge in [0.1, 0.15) is 0 Å². The van der Waals surface area contributed by atoms with Crippen LogP contribution < -0.4 is 5.73 Å². The molecule has 0 heterocycles. The Morgan fingerprint density at radius 1 is 0.800 bits per heavy atom.